The van der Waals surface area contributed by atoms with Crippen LogP contribution in [0.1, 0.15) is 25.7 Å². The maximum atomic E-state index is 12.6. The molecule has 4 aliphatic rings. The molecule has 4 saturated heterocycles. The molecular formula is C14H25N3O2. The molecule has 5 heteroatoms. The third-order valence-corrected chi connectivity index (χ3v) is 5.29. The highest BCUT2D eigenvalue weighted by atomic mass is 16.5. The third kappa shape index (κ3) is 2.51. The maximum absolute atomic E-state index is 12.6. The molecule has 0 radical (unpaired) electrons. The van der Waals surface area contributed by atoms with Crippen molar-refractivity contribution in [2.45, 2.75) is 31.7 Å². The van der Waals surface area contributed by atoms with E-state index in [9.17, 15) is 4.79 Å². The van der Waals surface area contributed by atoms with Crippen LogP contribution in [0.2, 0.25) is 0 Å². The Balaban J connectivity index is 1.63. The number of amides is 1. The first-order chi connectivity index (χ1) is 9.23. The van der Waals surface area contributed by atoms with Gasteiger partial charge in [-0.1, -0.05) is 0 Å². The number of carbonyl (C=O) groups excluding carboxylic acids is 1. The van der Waals surface area contributed by atoms with Gasteiger partial charge in [-0.15, -0.1) is 0 Å². The minimum absolute atomic E-state index is 0.164. The molecule has 108 valence electrons. The van der Waals surface area contributed by atoms with Gasteiger partial charge in [0.15, 0.2) is 0 Å². The molecule has 1 amide bonds. The van der Waals surface area contributed by atoms with Crippen molar-refractivity contribution < 1.29 is 9.53 Å². The molecule has 0 spiro atoms. The van der Waals surface area contributed by atoms with Gasteiger partial charge in [0.25, 0.3) is 0 Å². The van der Waals surface area contributed by atoms with Crippen LogP contribution in [-0.2, 0) is 9.53 Å². The van der Waals surface area contributed by atoms with E-state index >= 15 is 0 Å². The lowest BCUT2D eigenvalue weighted by Crippen LogP contribution is -2.60. The predicted octanol–water partition coefficient (Wildman–Crippen LogP) is -0.0477. The molecule has 3 N–H and O–H groups in total. The minimum atomic E-state index is -0.385. The first kappa shape index (κ1) is 13.3. The molecule has 4 aliphatic heterocycles. The van der Waals surface area contributed by atoms with Crippen LogP contribution in [0.15, 0.2) is 0 Å². The quantitative estimate of drug-likeness (QED) is 0.752. The zero-order valence-electron chi connectivity index (χ0n) is 11.6. The molecular weight excluding hydrogens is 242 g/mol. The predicted molar refractivity (Wildman–Crippen MR) is 72.6 cm³/mol. The first-order valence-corrected chi connectivity index (χ1v) is 7.55. The number of hydrogen-bond acceptors (Lipinski definition) is 4. The Labute approximate surface area is 114 Å². The van der Waals surface area contributed by atoms with Crippen LogP contribution in [0.25, 0.3) is 0 Å². The average molecular weight is 267 g/mol. The normalized spacial score (nSPS) is 37.0. The molecule has 0 aromatic heterocycles. The number of ether oxygens (including phenoxy) is 1. The van der Waals surface area contributed by atoms with E-state index in [4.69, 9.17) is 10.5 Å². The summed E-state index contributed by atoms with van der Waals surface area (Å²) in [7, 11) is 0. The van der Waals surface area contributed by atoms with Crippen LogP contribution < -0.4 is 11.1 Å². The van der Waals surface area contributed by atoms with Crippen molar-refractivity contribution in [2.75, 3.05) is 39.4 Å². The first-order valence-electron chi connectivity index (χ1n) is 7.55. The Hall–Kier alpha value is -0.650. The largest absolute Gasteiger partial charge is 0.381 e. The molecule has 1 atom stereocenters. The van der Waals surface area contributed by atoms with Gasteiger partial charge in [0.1, 0.15) is 0 Å². The zero-order valence-corrected chi connectivity index (χ0v) is 11.6. The summed E-state index contributed by atoms with van der Waals surface area (Å²) in [6, 6.07) is 0.335. The zero-order chi connectivity index (χ0) is 13.3. The lowest BCUT2D eigenvalue weighted by atomic mass is 9.78. The summed E-state index contributed by atoms with van der Waals surface area (Å²) in [6.07, 6.45) is 3.97. The Bertz CT molecular complexity index is 334. The van der Waals surface area contributed by atoms with E-state index in [2.05, 4.69) is 10.2 Å². The summed E-state index contributed by atoms with van der Waals surface area (Å²) in [6.45, 7) is 5.17. The third-order valence-electron chi connectivity index (χ3n) is 5.29. The Morgan fingerprint density at radius 1 is 1.32 bits per heavy atom. The molecule has 1 unspecified atom stereocenters. The van der Waals surface area contributed by atoms with Gasteiger partial charge in [-0.2, -0.15) is 0 Å². The number of fused-ring (bicyclic) bond motifs is 3. The minimum Gasteiger partial charge on any atom is -0.381 e. The van der Waals surface area contributed by atoms with Crippen LogP contribution in [0.3, 0.4) is 0 Å². The SMILES string of the molecule is NCC1(C(=O)NC2CN3CCC2CC3)CCOCC1. The number of hydrogen-bond donors (Lipinski definition) is 2. The maximum Gasteiger partial charge on any atom is 0.227 e. The number of rotatable bonds is 3. The summed E-state index contributed by atoms with van der Waals surface area (Å²) < 4.78 is 5.37. The molecule has 4 rings (SSSR count). The smallest absolute Gasteiger partial charge is 0.227 e. The number of nitrogens with one attached hydrogen (secondary N) is 1. The topological polar surface area (TPSA) is 67.6 Å². The Kier molecular flexibility index (Phi) is 3.78. The van der Waals surface area contributed by atoms with Crippen LogP contribution in [0.5, 0.6) is 0 Å². The summed E-state index contributed by atoms with van der Waals surface area (Å²) in [5, 5.41) is 3.30. The van der Waals surface area contributed by atoms with Crippen LogP contribution in [0, 0.1) is 11.3 Å². The van der Waals surface area contributed by atoms with Crippen molar-refractivity contribution >= 4 is 5.91 Å². The standard InChI is InChI=1S/C14H25N3O2/c15-10-14(3-7-19-8-4-14)13(18)16-12-9-17-5-1-11(12)2-6-17/h11-12H,1-10,15H2,(H,16,18). The van der Waals surface area contributed by atoms with Gasteiger partial charge in [-0.05, 0) is 44.7 Å². The molecule has 19 heavy (non-hydrogen) atoms. The highest BCUT2D eigenvalue weighted by Crippen LogP contribution is 2.32. The van der Waals surface area contributed by atoms with E-state index in [1.807, 2.05) is 0 Å². The number of nitrogens with two attached hydrogens (primary N) is 1. The van der Waals surface area contributed by atoms with Crippen molar-refractivity contribution in [3.8, 4) is 0 Å². The molecule has 0 aromatic rings. The fourth-order valence-corrected chi connectivity index (χ4v) is 3.74. The Morgan fingerprint density at radius 2 is 2.00 bits per heavy atom. The second kappa shape index (κ2) is 5.38. The summed E-state index contributed by atoms with van der Waals surface area (Å²) in [5.41, 5.74) is 5.51. The molecule has 5 nitrogen and oxygen atoms in total. The monoisotopic (exact) mass is 267 g/mol. The average Bonchev–Trinajstić information content (AvgIpc) is 2.49. The van der Waals surface area contributed by atoms with Gasteiger partial charge in [0.2, 0.25) is 5.91 Å². The second-order valence-electron chi connectivity index (χ2n) is 6.31. The van der Waals surface area contributed by atoms with Crippen molar-refractivity contribution in [3.05, 3.63) is 0 Å². The molecule has 2 bridgehead atoms. The molecule has 4 heterocycles. The molecule has 0 aromatic carbocycles. The van der Waals surface area contributed by atoms with Crippen LogP contribution in [0.4, 0.5) is 0 Å². The van der Waals surface area contributed by atoms with Crippen LogP contribution in [-0.4, -0.2) is 56.2 Å². The highest BCUT2D eigenvalue weighted by Gasteiger charge is 2.42. The highest BCUT2D eigenvalue weighted by molar-refractivity contribution is 5.83. The van der Waals surface area contributed by atoms with Crippen LogP contribution >= 0.6 is 0 Å². The Morgan fingerprint density at radius 3 is 2.53 bits per heavy atom. The van der Waals surface area contributed by atoms with Crippen molar-refractivity contribution in [1.82, 2.24) is 10.2 Å². The summed E-state index contributed by atoms with van der Waals surface area (Å²) >= 11 is 0. The van der Waals surface area contributed by atoms with Gasteiger partial charge in [0, 0.05) is 32.3 Å². The van der Waals surface area contributed by atoms with E-state index in [0.717, 1.165) is 19.4 Å². The van der Waals surface area contributed by atoms with Gasteiger partial charge in [-0.25, -0.2) is 0 Å². The van der Waals surface area contributed by atoms with Crippen molar-refractivity contribution in [3.63, 3.8) is 0 Å². The number of piperidine rings is 3. The second-order valence-corrected chi connectivity index (χ2v) is 6.31. The lowest BCUT2D eigenvalue weighted by Gasteiger charge is -2.46. The fraction of sp³-hybridized carbons (Fsp3) is 0.929. The van der Waals surface area contributed by atoms with E-state index in [-0.39, 0.29) is 11.3 Å². The van der Waals surface area contributed by atoms with Gasteiger partial charge in [0.05, 0.1) is 5.41 Å². The lowest BCUT2D eigenvalue weighted by molar-refractivity contribution is -0.138. The number of nitrogens with zero attached hydrogens (tertiary/aromatic N) is 1. The number of carbonyl (C=O) groups is 1. The summed E-state index contributed by atoms with van der Waals surface area (Å²) in [5.74, 6) is 0.834. The molecule has 0 saturated carbocycles. The molecule has 0 aliphatic carbocycles. The van der Waals surface area contributed by atoms with Crippen molar-refractivity contribution in [2.24, 2.45) is 17.1 Å². The fourth-order valence-electron chi connectivity index (χ4n) is 3.74. The van der Waals surface area contributed by atoms with Gasteiger partial charge >= 0.3 is 0 Å². The van der Waals surface area contributed by atoms with Gasteiger partial charge in [-0.3, -0.25) is 4.79 Å². The van der Waals surface area contributed by atoms with Crippen molar-refractivity contribution in [1.29, 1.82) is 0 Å². The molecule has 4 fully saturated rings. The van der Waals surface area contributed by atoms with E-state index < -0.39 is 0 Å². The van der Waals surface area contributed by atoms with E-state index in [1.165, 1.54) is 25.9 Å². The van der Waals surface area contributed by atoms with E-state index in [1.54, 1.807) is 0 Å². The van der Waals surface area contributed by atoms with E-state index in [0.29, 0.717) is 31.7 Å². The van der Waals surface area contributed by atoms with Gasteiger partial charge < -0.3 is 20.7 Å². The summed E-state index contributed by atoms with van der Waals surface area (Å²) in [4.78, 5) is 15.1.